The van der Waals surface area contributed by atoms with Crippen LogP contribution in [0, 0.1) is 0 Å². The molecular formula is C35H34ClN9O4. The average Bonchev–Trinajstić information content (AvgIpc) is 3.51. The summed E-state index contributed by atoms with van der Waals surface area (Å²) in [5, 5.41) is 17.3. The SMILES string of the molecule is [N-]=[N+]=NCc1ccccc1C[C@]1(C(=O)NNCc2ccc(Cl)cc2)N=C(c2ccc(OCCCO)cc2)O[C@H]1c1ccccc1CN=[N+]=[N-]. The minimum Gasteiger partial charge on any atom is -0.494 e. The number of amides is 1. The number of nitrogens with one attached hydrogen (secondary N) is 2. The molecule has 4 aromatic carbocycles. The van der Waals surface area contributed by atoms with Gasteiger partial charge >= 0.3 is 0 Å². The second kappa shape index (κ2) is 17.0. The van der Waals surface area contributed by atoms with E-state index < -0.39 is 17.6 Å². The highest BCUT2D eigenvalue weighted by Gasteiger charge is 2.54. The Morgan fingerprint density at radius 1 is 0.918 bits per heavy atom. The number of azide groups is 2. The lowest BCUT2D eigenvalue weighted by atomic mass is 9.80. The molecule has 14 heteroatoms. The Bertz CT molecular complexity index is 1870. The van der Waals surface area contributed by atoms with Crippen LogP contribution in [0.15, 0.2) is 112 Å². The van der Waals surface area contributed by atoms with Crippen LogP contribution < -0.4 is 15.6 Å². The second-order valence-electron chi connectivity index (χ2n) is 11.1. The van der Waals surface area contributed by atoms with Gasteiger partial charge in [0.05, 0.1) is 19.7 Å². The van der Waals surface area contributed by atoms with Gasteiger partial charge < -0.3 is 14.6 Å². The summed E-state index contributed by atoms with van der Waals surface area (Å²) in [7, 11) is 0. The van der Waals surface area contributed by atoms with Crippen molar-refractivity contribution in [3.8, 4) is 5.75 Å². The summed E-state index contributed by atoms with van der Waals surface area (Å²) in [5.41, 5.74) is 26.8. The molecule has 0 radical (unpaired) electrons. The smallest absolute Gasteiger partial charge is 0.266 e. The maximum atomic E-state index is 14.6. The first-order chi connectivity index (χ1) is 24.0. The molecule has 250 valence electrons. The highest BCUT2D eigenvalue weighted by Crippen LogP contribution is 2.44. The van der Waals surface area contributed by atoms with Gasteiger partial charge in [-0.3, -0.25) is 10.2 Å². The van der Waals surface area contributed by atoms with Crippen LogP contribution in [0.4, 0.5) is 0 Å². The van der Waals surface area contributed by atoms with Crippen molar-refractivity contribution in [1.82, 2.24) is 10.9 Å². The Kier molecular flexibility index (Phi) is 12.1. The summed E-state index contributed by atoms with van der Waals surface area (Å²) in [5.74, 6) is 0.364. The Morgan fingerprint density at radius 3 is 2.27 bits per heavy atom. The topological polar surface area (TPSA) is 190 Å². The third-order valence-electron chi connectivity index (χ3n) is 7.96. The molecule has 13 nitrogen and oxygen atoms in total. The number of benzene rings is 4. The molecule has 0 spiro atoms. The lowest BCUT2D eigenvalue weighted by Gasteiger charge is -2.32. The molecule has 0 fully saturated rings. The fourth-order valence-electron chi connectivity index (χ4n) is 5.52. The first-order valence-corrected chi connectivity index (χ1v) is 15.9. The van der Waals surface area contributed by atoms with E-state index >= 15 is 0 Å². The Morgan fingerprint density at radius 2 is 1.57 bits per heavy atom. The molecule has 0 saturated carbocycles. The first kappa shape index (κ1) is 34.8. The average molecular weight is 680 g/mol. The summed E-state index contributed by atoms with van der Waals surface area (Å²) in [4.78, 5) is 25.6. The number of ether oxygens (including phenoxy) is 2. The van der Waals surface area contributed by atoms with Crippen molar-refractivity contribution in [2.45, 2.75) is 44.1 Å². The molecular weight excluding hydrogens is 646 g/mol. The van der Waals surface area contributed by atoms with Crippen LogP contribution in [-0.2, 0) is 35.6 Å². The molecule has 1 aliphatic heterocycles. The van der Waals surface area contributed by atoms with Crippen LogP contribution in [0.3, 0.4) is 0 Å². The molecule has 2 atom stereocenters. The number of aliphatic imine (C=N–C) groups is 1. The van der Waals surface area contributed by atoms with Crippen molar-refractivity contribution in [3.63, 3.8) is 0 Å². The molecule has 0 aromatic heterocycles. The lowest BCUT2D eigenvalue weighted by molar-refractivity contribution is -0.130. The maximum Gasteiger partial charge on any atom is 0.266 e. The minimum atomic E-state index is -1.59. The first-order valence-electron chi connectivity index (χ1n) is 15.5. The standard InChI is InChI=1S/C35H34ClN9O4/c36-29-14-10-24(11-15-29)21-39-43-34(47)35(20-26-6-1-2-7-27(26)22-40-44-37)32(31-9-4-3-8-28(31)23-41-45-38)49-33(42-35)25-12-16-30(17-13-25)48-19-5-18-46/h1-4,6-17,32,39,46H,5,18-23H2,(H,43,47)/t32-,35-/m0/s1. The van der Waals surface area contributed by atoms with E-state index in [-0.39, 0.29) is 32.0 Å². The molecule has 0 unspecified atom stereocenters. The largest absolute Gasteiger partial charge is 0.494 e. The van der Waals surface area contributed by atoms with Gasteiger partial charge in [0.1, 0.15) is 5.75 Å². The minimum absolute atomic E-state index is 0.0238. The van der Waals surface area contributed by atoms with Gasteiger partial charge in [-0.05, 0) is 75.3 Å². The van der Waals surface area contributed by atoms with Gasteiger partial charge in [0.25, 0.3) is 5.91 Å². The molecule has 1 aliphatic rings. The highest BCUT2D eigenvalue weighted by atomic mass is 35.5. The molecule has 4 aromatic rings. The zero-order chi connectivity index (χ0) is 34.5. The molecule has 0 saturated heterocycles. The number of aliphatic hydroxyl groups excluding tert-OH is 1. The number of nitrogens with zero attached hydrogens (tertiary/aromatic N) is 7. The number of hydrogen-bond donors (Lipinski definition) is 3. The number of hydrazine groups is 1. The monoisotopic (exact) mass is 679 g/mol. The predicted octanol–water partition coefficient (Wildman–Crippen LogP) is 7.04. The van der Waals surface area contributed by atoms with E-state index in [0.29, 0.717) is 47.0 Å². The molecule has 0 aliphatic carbocycles. The summed E-state index contributed by atoms with van der Waals surface area (Å²) in [6.07, 6.45) is -0.387. The summed E-state index contributed by atoms with van der Waals surface area (Å²) in [6, 6.07) is 29.1. The number of carbonyl (C=O) groups excluding carboxylic acids is 1. The zero-order valence-electron chi connectivity index (χ0n) is 26.4. The number of carbonyl (C=O) groups is 1. The lowest BCUT2D eigenvalue weighted by Crippen LogP contribution is -2.54. The van der Waals surface area contributed by atoms with E-state index in [1.54, 1.807) is 36.4 Å². The Labute approximate surface area is 287 Å². The van der Waals surface area contributed by atoms with Crippen LogP contribution in [0.2, 0.25) is 5.02 Å². The second-order valence-corrected chi connectivity index (χ2v) is 11.6. The molecule has 1 amide bonds. The van der Waals surface area contributed by atoms with Crippen molar-refractivity contribution >= 4 is 23.4 Å². The van der Waals surface area contributed by atoms with Crippen molar-refractivity contribution in [2.24, 2.45) is 15.2 Å². The summed E-state index contributed by atoms with van der Waals surface area (Å²) in [6.45, 7) is 0.794. The van der Waals surface area contributed by atoms with Crippen LogP contribution in [0.1, 0.15) is 45.9 Å². The van der Waals surface area contributed by atoms with E-state index in [1.165, 1.54) is 0 Å². The van der Waals surface area contributed by atoms with Crippen molar-refractivity contribution in [1.29, 1.82) is 0 Å². The number of rotatable bonds is 16. The van der Waals surface area contributed by atoms with Gasteiger partial charge in [-0.2, -0.15) is 0 Å². The fraction of sp³-hybridized carbons (Fsp3) is 0.257. The van der Waals surface area contributed by atoms with Crippen molar-refractivity contribution in [2.75, 3.05) is 13.2 Å². The van der Waals surface area contributed by atoms with Crippen LogP contribution in [0.25, 0.3) is 20.9 Å². The summed E-state index contributed by atoms with van der Waals surface area (Å²) < 4.78 is 12.4. The van der Waals surface area contributed by atoms with E-state index in [9.17, 15) is 4.79 Å². The molecule has 5 rings (SSSR count). The van der Waals surface area contributed by atoms with Gasteiger partial charge in [0, 0.05) is 46.4 Å². The molecule has 49 heavy (non-hydrogen) atoms. The number of aliphatic hydroxyl groups is 1. The van der Waals surface area contributed by atoms with Gasteiger partial charge in [-0.15, -0.1) is 0 Å². The Hall–Kier alpha value is -5.55. The van der Waals surface area contributed by atoms with E-state index in [2.05, 4.69) is 30.9 Å². The van der Waals surface area contributed by atoms with Crippen molar-refractivity contribution in [3.05, 3.63) is 156 Å². The zero-order valence-corrected chi connectivity index (χ0v) is 27.2. The van der Waals surface area contributed by atoms with Gasteiger partial charge in [-0.1, -0.05) is 82.5 Å². The van der Waals surface area contributed by atoms with E-state index in [1.807, 2.05) is 60.7 Å². The van der Waals surface area contributed by atoms with Crippen LogP contribution in [-0.4, -0.2) is 35.7 Å². The summed E-state index contributed by atoms with van der Waals surface area (Å²) >= 11 is 6.05. The number of halogens is 1. The van der Waals surface area contributed by atoms with Crippen molar-refractivity contribution < 1.29 is 19.4 Å². The molecule has 1 heterocycles. The quantitative estimate of drug-likeness (QED) is 0.0375. The predicted molar refractivity (Wildman–Crippen MR) is 185 cm³/mol. The fourth-order valence-corrected chi connectivity index (χ4v) is 5.65. The van der Waals surface area contributed by atoms with Gasteiger partial charge in [-0.25, -0.2) is 10.4 Å². The van der Waals surface area contributed by atoms with Gasteiger partial charge in [0.2, 0.25) is 5.90 Å². The third-order valence-corrected chi connectivity index (χ3v) is 8.21. The Balaban J connectivity index is 1.60. The van der Waals surface area contributed by atoms with E-state index in [0.717, 1.165) is 16.7 Å². The third kappa shape index (κ3) is 8.68. The highest BCUT2D eigenvalue weighted by molar-refractivity contribution is 6.30. The van der Waals surface area contributed by atoms with Crippen LogP contribution >= 0.6 is 11.6 Å². The molecule has 3 N–H and O–H groups in total. The normalized spacial score (nSPS) is 16.4. The molecule has 0 bridgehead atoms. The van der Waals surface area contributed by atoms with E-state index in [4.69, 9.17) is 42.2 Å². The maximum absolute atomic E-state index is 14.6. The number of hydrogen-bond acceptors (Lipinski definition) is 8. The van der Waals surface area contributed by atoms with Crippen LogP contribution in [0.5, 0.6) is 5.75 Å². The van der Waals surface area contributed by atoms with Gasteiger partial charge in [0.15, 0.2) is 11.6 Å².